The molecule has 0 aliphatic heterocycles. The molecular formula is C23H24FN5O2S2. The molecule has 0 spiro atoms. The van der Waals surface area contributed by atoms with Crippen LogP contribution in [-0.2, 0) is 16.9 Å². The third-order valence-electron chi connectivity index (χ3n) is 4.59. The Morgan fingerprint density at radius 1 is 1.15 bits per heavy atom. The molecule has 4 aromatic rings. The van der Waals surface area contributed by atoms with Gasteiger partial charge in [-0.3, -0.25) is 0 Å². The first kappa shape index (κ1) is 23.2. The molecule has 0 radical (unpaired) electrons. The zero-order valence-electron chi connectivity index (χ0n) is 18.5. The molecule has 2 aromatic heterocycles. The molecule has 0 bridgehead atoms. The van der Waals surface area contributed by atoms with Crippen LogP contribution in [0.5, 0.6) is 0 Å². The first-order valence-corrected chi connectivity index (χ1v) is 12.2. The van der Waals surface area contributed by atoms with Gasteiger partial charge in [-0.05, 0) is 38.0 Å². The van der Waals surface area contributed by atoms with E-state index in [1.807, 2.05) is 57.2 Å². The lowest BCUT2D eigenvalue weighted by Crippen LogP contribution is -2.36. The highest BCUT2D eigenvalue weighted by Crippen LogP contribution is 2.30. The van der Waals surface area contributed by atoms with Crippen molar-refractivity contribution in [2.45, 2.75) is 48.9 Å². The molecule has 2 aromatic carbocycles. The molecule has 4 rings (SSSR count). The Labute approximate surface area is 199 Å². The SMILES string of the molecule is CC(C)(C)OC(=O)NC(Cc1ccccc1)c1nnc2sc(SCc3ccccc3F)nn12. The van der Waals surface area contributed by atoms with E-state index in [4.69, 9.17) is 4.74 Å². The normalized spacial score (nSPS) is 12.6. The average molecular weight is 486 g/mol. The van der Waals surface area contributed by atoms with E-state index in [-0.39, 0.29) is 5.82 Å². The molecule has 172 valence electrons. The maximum Gasteiger partial charge on any atom is 0.408 e. The molecule has 1 unspecified atom stereocenters. The quantitative estimate of drug-likeness (QED) is 0.352. The van der Waals surface area contributed by atoms with Crippen molar-refractivity contribution in [3.63, 3.8) is 0 Å². The van der Waals surface area contributed by atoms with Crippen LogP contribution in [0.1, 0.15) is 43.8 Å². The van der Waals surface area contributed by atoms with Crippen LogP contribution < -0.4 is 5.32 Å². The van der Waals surface area contributed by atoms with Gasteiger partial charge in [0.1, 0.15) is 11.4 Å². The first-order chi connectivity index (χ1) is 15.8. The largest absolute Gasteiger partial charge is 0.444 e. The van der Waals surface area contributed by atoms with E-state index < -0.39 is 17.7 Å². The Bertz CT molecular complexity index is 1240. The number of benzene rings is 2. The van der Waals surface area contributed by atoms with E-state index in [2.05, 4.69) is 20.6 Å². The second-order valence-corrected chi connectivity index (χ2v) is 10.6. The van der Waals surface area contributed by atoms with Crippen LogP contribution in [0.25, 0.3) is 4.96 Å². The maximum atomic E-state index is 13.9. The van der Waals surface area contributed by atoms with Crippen molar-refractivity contribution < 1.29 is 13.9 Å². The van der Waals surface area contributed by atoms with E-state index in [9.17, 15) is 9.18 Å². The number of hydrogen-bond donors (Lipinski definition) is 1. The number of carbonyl (C=O) groups excluding carboxylic acids is 1. The average Bonchev–Trinajstić information content (AvgIpc) is 3.32. The number of amides is 1. The molecule has 0 aliphatic carbocycles. The summed E-state index contributed by atoms with van der Waals surface area (Å²) in [7, 11) is 0. The van der Waals surface area contributed by atoms with Crippen LogP contribution in [0.3, 0.4) is 0 Å². The summed E-state index contributed by atoms with van der Waals surface area (Å²) in [6.07, 6.45) is -0.0413. The predicted octanol–water partition coefficient (Wildman–Crippen LogP) is 5.43. The summed E-state index contributed by atoms with van der Waals surface area (Å²) in [5.41, 5.74) is 1.01. The fraction of sp³-hybridized carbons (Fsp3) is 0.304. The van der Waals surface area contributed by atoms with Gasteiger partial charge in [0.05, 0.1) is 6.04 Å². The molecule has 10 heteroatoms. The molecule has 0 saturated heterocycles. The van der Waals surface area contributed by atoms with Crippen molar-refractivity contribution in [1.82, 2.24) is 25.1 Å². The van der Waals surface area contributed by atoms with Gasteiger partial charge in [0.2, 0.25) is 4.96 Å². The monoisotopic (exact) mass is 485 g/mol. The number of alkyl carbamates (subject to hydrolysis) is 1. The number of aromatic nitrogens is 4. The van der Waals surface area contributed by atoms with E-state index in [1.165, 1.54) is 29.2 Å². The lowest BCUT2D eigenvalue weighted by Gasteiger charge is -2.22. The van der Waals surface area contributed by atoms with E-state index in [1.54, 1.807) is 16.6 Å². The highest BCUT2D eigenvalue weighted by molar-refractivity contribution is 8.00. The van der Waals surface area contributed by atoms with Crippen LogP contribution in [0.4, 0.5) is 9.18 Å². The Morgan fingerprint density at radius 2 is 1.88 bits per heavy atom. The summed E-state index contributed by atoms with van der Waals surface area (Å²) < 4.78 is 21.8. The topological polar surface area (TPSA) is 81.4 Å². The van der Waals surface area contributed by atoms with Gasteiger partial charge < -0.3 is 10.1 Å². The van der Waals surface area contributed by atoms with Crippen molar-refractivity contribution in [2.24, 2.45) is 0 Å². The first-order valence-electron chi connectivity index (χ1n) is 10.4. The van der Waals surface area contributed by atoms with Crippen molar-refractivity contribution in [3.8, 4) is 0 Å². The van der Waals surface area contributed by atoms with Crippen LogP contribution in [-0.4, -0.2) is 31.5 Å². The smallest absolute Gasteiger partial charge is 0.408 e. The minimum atomic E-state index is -0.626. The summed E-state index contributed by atoms with van der Waals surface area (Å²) >= 11 is 2.80. The van der Waals surface area contributed by atoms with Gasteiger partial charge >= 0.3 is 6.09 Å². The van der Waals surface area contributed by atoms with Crippen molar-refractivity contribution in [1.29, 1.82) is 0 Å². The van der Waals surface area contributed by atoms with E-state index in [0.29, 0.717) is 28.5 Å². The summed E-state index contributed by atoms with van der Waals surface area (Å²) in [5, 5.41) is 16.1. The Hall–Kier alpha value is -2.98. The molecule has 0 fully saturated rings. The van der Waals surface area contributed by atoms with E-state index >= 15 is 0 Å². The molecule has 7 nitrogen and oxygen atoms in total. The molecule has 0 aliphatic rings. The van der Waals surface area contributed by atoms with Gasteiger partial charge in [-0.15, -0.1) is 15.3 Å². The van der Waals surface area contributed by atoms with Crippen LogP contribution in [0, 0.1) is 5.82 Å². The zero-order chi connectivity index (χ0) is 23.4. The number of nitrogens with one attached hydrogen (secondary N) is 1. The molecule has 33 heavy (non-hydrogen) atoms. The Kier molecular flexibility index (Phi) is 6.94. The van der Waals surface area contributed by atoms with Gasteiger partial charge in [0.25, 0.3) is 0 Å². The second-order valence-electron chi connectivity index (χ2n) is 8.39. The Balaban J connectivity index is 1.57. The molecule has 2 heterocycles. The van der Waals surface area contributed by atoms with Gasteiger partial charge in [-0.2, -0.15) is 4.52 Å². The fourth-order valence-corrected chi connectivity index (χ4v) is 5.02. The number of thioether (sulfide) groups is 1. The number of nitrogens with zero attached hydrogens (tertiary/aromatic N) is 4. The highest BCUT2D eigenvalue weighted by atomic mass is 32.2. The van der Waals surface area contributed by atoms with Gasteiger partial charge in [-0.1, -0.05) is 71.6 Å². The van der Waals surface area contributed by atoms with Gasteiger partial charge in [0.15, 0.2) is 10.2 Å². The lowest BCUT2D eigenvalue weighted by molar-refractivity contribution is 0.0500. The third-order valence-corrected chi connectivity index (χ3v) is 6.67. The minimum Gasteiger partial charge on any atom is -0.444 e. The number of ether oxygens (including phenoxy) is 1. The number of fused-ring (bicyclic) bond motifs is 1. The number of carbonyl (C=O) groups is 1. The fourth-order valence-electron chi connectivity index (χ4n) is 3.15. The van der Waals surface area contributed by atoms with Crippen molar-refractivity contribution >= 4 is 34.2 Å². The highest BCUT2D eigenvalue weighted by Gasteiger charge is 2.26. The molecular weight excluding hydrogens is 461 g/mol. The molecule has 0 saturated carbocycles. The van der Waals surface area contributed by atoms with Crippen LogP contribution in [0.15, 0.2) is 58.9 Å². The standard InChI is InChI=1S/C23H24FN5O2S2/c1-23(2,3)31-21(30)25-18(13-15-9-5-4-6-10-15)19-26-27-20-29(19)28-22(33-20)32-14-16-11-7-8-12-17(16)24/h4-12,18H,13-14H2,1-3H3,(H,25,30). The molecule has 1 atom stereocenters. The number of hydrogen-bond acceptors (Lipinski definition) is 7. The summed E-state index contributed by atoms with van der Waals surface area (Å²) in [5.74, 6) is 0.724. The van der Waals surface area contributed by atoms with Gasteiger partial charge in [-0.25, -0.2) is 9.18 Å². The van der Waals surface area contributed by atoms with Gasteiger partial charge in [0, 0.05) is 12.2 Å². The van der Waals surface area contributed by atoms with E-state index in [0.717, 1.165) is 9.90 Å². The summed E-state index contributed by atoms with van der Waals surface area (Å²) in [6.45, 7) is 5.44. The maximum absolute atomic E-state index is 13.9. The third kappa shape index (κ3) is 6.08. The van der Waals surface area contributed by atoms with Crippen LogP contribution in [0.2, 0.25) is 0 Å². The molecule has 1 N–H and O–H groups in total. The lowest BCUT2D eigenvalue weighted by atomic mass is 10.1. The second kappa shape index (κ2) is 9.88. The molecule has 1 amide bonds. The summed E-state index contributed by atoms with van der Waals surface area (Å²) in [4.78, 5) is 13.1. The number of rotatable bonds is 7. The van der Waals surface area contributed by atoms with Crippen molar-refractivity contribution in [3.05, 3.63) is 77.4 Å². The zero-order valence-corrected chi connectivity index (χ0v) is 20.1. The number of halogens is 1. The van der Waals surface area contributed by atoms with Crippen LogP contribution >= 0.6 is 23.1 Å². The minimum absolute atomic E-state index is 0.238. The predicted molar refractivity (Wildman–Crippen MR) is 127 cm³/mol. The summed E-state index contributed by atoms with van der Waals surface area (Å²) in [6, 6.07) is 16.0. The Morgan fingerprint density at radius 3 is 2.61 bits per heavy atom. The van der Waals surface area contributed by atoms with Crippen molar-refractivity contribution in [2.75, 3.05) is 0 Å².